The second-order valence-corrected chi connectivity index (χ2v) is 6.86. The molecule has 0 bridgehead atoms. The van der Waals surface area contributed by atoms with Crippen molar-refractivity contribution in [2.45, 2.75) is 13.8 Å². The molecular weight excluding hydrogens is 378 g/mol. The number of nitrogens with one attached hydrogen (secondary N) is 1. The van der Waals surface area contributed by atoms with E-state index < -0.39 is 0 Å². The van der Waals surface area contributed by atoms with Crippen molar-refractivity contribution in [3.05, 3.63) is 83.8 Å². The Bertz CT molecular complexity index is 1200. The van der Waals surface area contributed by atoms with Gasteiger partial charge in [-0.1, -0.05) is 23.4 Å². The monoisotopic (exact) mass is 399 g/mol. The first kappa shape index (κ1) is 19.3. The molecule has 2 heterocycles. The van der Waals surface area contributed by atoms with Gasteiger partial charge in [0.15, 0.2) is 5.69 Å². The molecule has 0 spiro atoms. The van der Waals surface area contributed by atoms with Crippen LogP contribution in [0.3, 0.4) is 0 Å². The van der Waals surface area contributed by atoms with Crippen molar-refractivity contribution in [3.8, 4) is 22.7 Å². The molecule has 0 aliphatic rings. The van der Waals surface area contributed by atoms with Gasteiger partial charge in [0.2, 0.25) is 0 Å². The zero-order valence-corrected chi connectivity index (χ0v) is 17.0. The van der Waals surface area contributed by atoms with E-state index in [4.69, 9.17) is 4.74 Å². The van der Waals surface area contributed by atoms with E-state index >= 15 is 0 Å². The molecule has 0 fully saturated rings. The van der Waals surface area contributed by atoms with E-state index in [-0.39, 0.29) is 11.6 Å². The molecule has 4 aromatic rings. The van der Waals surface area contributed by atoms with Crippen molar-refractivity contribution in [3.63, 3.8) is 0 Å². The molecule has 0 saturated carbocycles. The average molecular weight is 399 g/mol. The molecule has 4 rings (SSSR count). The number of carbonyl (C=O) groups excluding carboxylic acids is 1. The van der Waals surface area contributed by atoms with Crippen LogP contribution in [0.5, 0.6) is 5.75 Å². The molecular formula is C23H21N5O2. The van der Waals surface area contributed by atoms with Crippen LogP contribution in [0, 0.1) is 13.8 Å². The molecule has 1 amide bonds. The fourth-order valence-corrected chi connectivity index (χ4v) is 3.26. The third kappa shape index (κ3) is 3.65. The van der Waals surface area contributed by atoms with Gasteiger partial charge in [-0.15, -0.1) is 5.10 Å². The summed E-state index contributed by atoms with van der Waals surface area (Å²) in [5.41, 5.74) is 5.10. The number of hydrogen-bond acceptors (Lipinski definition) is 5. The van der Waals surface area contributed by atoms with E-state index in [1.54, 1.807) is 30.3 Å². The number of carbonyl (C=O) groups is 1. The minimum atomic E-state index is -0.338. The predicted octanol–water partition coefficient (Wildman–Crippen LogP) is 4.21. The average Bonchev–Trinajstić information content (AvgIpc) is 3.21. The second kappa shape index (κ2) is 8.16. The molecule has 0 radical (unpaired) electrons. The van der Waals surface area contributed by atoms with Gasteiger partial charge in [-0.3, -0.25) is 9.78 Å². The highest BCUT2D eigenvalue weighted by Crippen LogP contribution is 2.28. The minimum Gasteiger partial charge on any atom is -0.497 e. The first-order chi connectivity index (χ1) is 14.6. The number of aryl methyl sites for hydroxylation is 2. The largest absolute Gasteiger partial charge is 0.497 e. The molecule has 0 atom stereocenters. The normalized spacial score (nSPS) is 10.6. The van der Waals surface area contributed by atoms with Crippen molar-refractivity contribution < 1.29 is 9.53 Å². The Morgan fingerprint density at radius 3 is 2.47 bits per heavy atom. The Kier molecular flexibility index (Phi) is 5.26. The van der Waals surface area contributed by atoms with Crippen molar-refractivity contribution in [2.24, 2.45) is 0 Å². The zero-order valence-electron chi connectivity index (χ0n) is 17.0. The number of methoxy groups -OCH3 is 1. The fraction of sp³-hybridized carbons (Fsp3) is 0.130. The highest BCUT2D eigenvalue weighted by atomic mass is 16.5. The lowest BCUT2D eigenvalue weighted by Gasteiger charge is -2.12. The summed E-state index contributed by atoms with van der Waals surface area (Å²) in [5.74, 6) is 0.392. The highest BCUT2D eigenvalue weighted by Gasteiger charge is 2.23. The molecule has 7 heteroatoms. The molecule has 0 unspecified atom stereocenters. The number of rotatable bonds is 5. The molecule has 2 aromatic carbocycles. The number of hydrogen-bond donors (Lipinski definition) is 1. The number of aromatic nitrogens is 4. The number of para-hydroxylation sites is 1. The number of benzene rings is 2. The summed E-state index contributed by atoms with van der Waals surface area (Å²) < 4.78 is 6.93. The third-order valence-corrected chi connectivity index (χ3v) is 4.86. The Hall–Kier alpha value is -4.00. The van der Waals surface area contributed by atoms with Gasteiger partial charge in [-0.25, -0.2) is 4.68 Å². The Morgan fingerprint density at radius 2 is 1.77 bits per heavy atom. The fourth-order valence-electron chi connectivity index (χ4n) is 3.26. The molecule has 0 aliphatic heterocycles. The maximum absolute atomic E-state index is 13.2. The number of anilines is 1. The Labute approximate surface area is 174 Å². The molecule has 2 aromatic heterocycles. The zero-order chi connectivity index (χ0) is 21.1. The van der Waals surface area contributed by atoms with Crippen molar-refractivity contribution in [1.82, 2.24) is 20.0 Å². The SMILES string of the molecule is COc1ccc(NC(=O)c2nnn(-c3ccccc3C)c2-c2ccncc2)c(C)c1. The number of nitrogens with zero attached hydrogens (tertiary/aromatic N) is 4. The van der Waals surface area contributed by atoms with E-state index in [1.807, 2.05) is 62.4 Å². The van der Waals surface area contributed by atoms with Gasteiger partial charge in [0.05, 0.1) is 12.8 Å². The van der Waals surface area contributed by atoms with Crippen LogP contribution in [0.2, 0.25) is 0 Å². The van der Waals surface area contributed by atoms with Gasteiger partial charge in [-0.2, -0.15) is 0 Å². The van der Waals surface area contributed by atoms with Crippen LogP contribution in [0.4, 0.5) is 5.69 Å². The summed E-state index contributed by atoms with van der Waals surface area (Å²) in [6.07, 6.45) is 3.36. The number of amides is 1. The van der Waals surface area contributed by atoms with Crippen LogP contribution in [0.15, 0.2) is 67.0 Å². The van der Waals surface area contributed by atoms with Crippen LogP contribution in [0.1, 0.15) is 21.6 Å². The van der Waals surface area contributed by atoms with E-state index in [1.165, 1.54) is 0 Å². The van der Waals surface area contributed by atoms with Crippen LogP contribution in [-0.4, -0.2) is 33.0 Å². The van der Waals surface area contributed by atoms with Crippen LogP contribution >= 0.6 is 0 Å². The third-order valence-electron chi connectivity index (χ3n) is 4.86. The molecule has 0 saturated heterocycles. The van der Waals surface area contributed by atoms with Crippen molar-refractivity contribution >= 4 is 11.6 Å². The van der Waals surface area contributed by atoms with Gasteiger partial charge < -0.3 is 10.1 Å². The van der Waals surface area contributed by atoms with Crippen LogP contribution in [-0.2, 0) is 0 Å². The first-order valence-corrected chi connectivity index (χ1v) is 9.46. The summed E-state index contributed by atoms with van der Waals surface area (Å²) in [6, 6.07) is 17.0. The van der Waals surface area contributed by atoms with Crippen LogP contribution < -0.4 is 10.1 Å². The second-order valence-electron chi connectivity index (χ2n) is 6.86. The van der Waals surface area contributed by atoms with E-state index in [2.05, 4.69) is 20.6 Å². The molecule has 7 nitrogen and oxygen atoms in total. The summed E-state index contributed by atoms with van der Waals surface area (Å²) in [5, 5.41) is 11.5. The Balaban J connectivity index is 1.79. The van der Waals surface area contributed by atoms with E-state index in [9.17, 15) is 4.79 Å². The maximum atomic E-state index is 13.2. The number of ether oxygens (including phenoxy) is 1. The Morgan fingerprint density at radius 1 is 1.00 bits per heavy atom. The van der Waals surface area contributed by atoms with Crippen molar-refractivity contribution in [1.29, 1.82) is 0 Å². The van der Waals surface area contributed by atoms with Crippen LogP contribution in [0.25, 0.3) is 16.9 Å². The first-order valence-electron chi connectivity index (χ1n) is 9.46. The summed E-state index contributed by atoms with van der Waals surface area (Å²) in [7, 11) is 1.61. The van der Waals surface area contributed by atoms with Gasteiger partial charge in [0.25, 0.3) is 5.91 Å². The molecule has 150 valence electrons. The van der Waals surface area contributed by atoms with E-state index in [0.29, 0.717) is 11.4 Å². The van der Waals surface area contributed by atoms with E-state index in [0.717, 1.165) is 28.1 Å². The summed E-state index contributed by atoms with van der Waals surface area (Å²) in [4.78, 5) is 17.3. The smallest absolute Gasteiger partial charge is 0.278 e. The van der Waals surface area contributed by atoms with Gasteiger partial charge in [0, 0.05) is 23.6 Å². The lowest BCUT2D eigenvalue weighted by Crippen LogP contribution is -2.15. The topological polar surface area (TPSA) is 81.9 Å². The lowest BCUT2D eigenvalue weighted by atomic mass is 10.1. The minimum absolute atomic E-state index is 0.236. The van der Waals surface area contributed by atoms with Crippen molar-refractivity contribution in [2.75, 3.05) is 12.4 Å². The van der Waals surface area contributed by atoms with Gasteiger partial charge in [-0.05, 0) is 61.4 Å². The number of pyridine rings is 1. The summed E-state index contributed by atoms with van der Waals surface area (Å²) in [6.45, 7) is 3.90. The highest BCUT2D eigenvalue weighted by molar-refractivity contribution is 6.07. The lowest BCUT2D eigenvalue weighted by molar-refractivity contribution is 0.102. The predicted molar refractivity (Wildman–Crippen MR) is 115 cm³/mol. The quantitative estimate of drug-likeness (QED) is 0.544. The summed E-state index contributed by atoms with van der Waals surface area (Å²) >= 11 is 0. The van der Waals surface area contributed by atoms with Gasteiger partial charge in [0.1, 0.15) is 11.4 Å². The molecule has 1 N–H and O–H groups in total. The molecule has 0 aliphatic carbocycles. The maximum Gasteiger partial charge on any atom is 0.278 e. The standard InChI is InChI=1S/C23H21N5O2/c1-15-6-4-5-7-20(15)28-22(17-10-12-24-13-11-17)21(26-27-28)23(29)25-19-9-8-18(30-3)14-16(19)2/h4-14H,1-3H3,(H,25,29). The molecule has 30 heavy (non-hydrogen) atoms. The van der Waals surface area contributed by atoms with Gasteiger partial charge >= 0.3 is 0 Å².